The van der Waals surface area contributed by atoms with Gasteiger partial charge in [-0.1, -0.05) is 0 Å². The molecule has 1 N–H and O–H groups in total. The minimum atomic E-state index is -0.204. The summed E-state index contributed by atoms with van der Waals surface area (Å²) in [5.41, 5.74) is 3.76. The predicted octanol–water partition coefficient (Wildman–Crippen LogP) is 2.06. The van der Waals surface area contributed by atoms with E-state index in [1.165, 1.54) is 0 Å². The van der Waals surface area contributed by atoms with E-state index in [0.717, 1.165) is 29.2 Å². The summed E-state index contributed by atoms with van der Waals surface area (Å²) in [5, 5.41) is 7.29. The van der Waals surface area contributed by atoms with Crippen LogP contribution in [-0.4, -0.2) is 27.3 Å². The highest BCUT2D eigenvalue weighted by Crippen LogP contribution is 2.34. The molecule has 6 nitrogen and oxygen atoms in total. The fourth-order valence-corrected chi connectivity index (χ4v) is 3.51. The van der Waals surface area contributed by atoms with Crippen LogP contribution in [0.2, 0.25) is 0 Å². The fraction of sp³-hybridized carbons (Fsp3) is 0.533. The van der Waals surface area contributed by atoms with Crippen molar-refractivity contribution in [2.24, 2.45) is 5.92 Å². The normalized spacial score (nSPS) is 21.2. The van der Waals surface area contributed by atoms with Gasteiger partial charge in [-0.15, -0.1) is 11.3 Å². The van der Waals surface area contributed by atoms with Crippen LogP contribution in [0.25, 0.3) is 0 Å². The van der Waals surface area contributed by atoms with Crippen LogP contribution in [-0.2, 0) is 22.6 Å². The quantitative estimate of drug-likeness (QED) is 0.915. The van der Waals surface area contributed by atoms with Gasteiger partial charge in [-0.05, 0) is 26.3 Å². The molecule has 0 aliphatic carbocycles. The third kappa shape index (κ3) is 2.91. The average molecular weight is 320 g/mol. The number of carbonyl (C=O) groups excluding carboxylic acids is 1. The second-order valence-electron chi connectivity index (χ2n) is 5.34. The Morgan fingerprint density at radius 1 is 1.59 bits per heavy atom. The molecule has 1 aliphatic heterocycles. The van der Waals surface area contributed by atoms with E-state index in [1.807, 2.05) is 24.6 Å². The molecule has 3 heterocycles. The maximum Gasteiger partial charge on any atom is 0.226 e. The first-order valence-electron chi connectivity index (χ1n) is 7.50. The van der Waals surface area contributed by atoms with Crippen LogP contribution in [0.4, 0.5) is 0 Å². The van der Waals surface area contributed by atoms with Gasteiger partial charge in [-0.2, -0.15) is 5.10 Å². The number of nitrogens with one attached hydrogen (secondary N) is 1. The topological polar surface area (TPSA) is 69.0 Å². The molecule has 0 spiro atoms. The van der Waals surface area contributed by atoms with E-state index in [-0.39, 0.29) is 17.9 Å². The highest BCUT2D eigenvalue weighted by Gasteiger charge is 2.36. The number of thiazole rings is 1. The lowest BCUT2D eigenvalue weighted by atomic mass is 9.98. The SMILES string of the molecule is CCn1nccc1[C@@H]1OCC[C@H]1C(=O)NCc1scnc1C. The molecule has 2 aromatic rings. The van der Waals surface area contributed by atoms with Crippen molar-refractivity contribution in [3.05, 3.63) is 34.0 Å². The predicted molar refractivity (Wildman–Crippen MR) is 83.4 cm³/mol. The van der Waals surface area contributed by atoms with Crippen molar-refractivity contribution in [2.75, 3.05) is 6.61 Å². The number of hydrogen-bond donors (Lipinski definition) is 1. The van der Waals surface area contributed by atoms with Crippen LogP contribution in [0, 0.1) is 12.8 Å². The second-order valence-corrected chi connectivity index (χ2v) is 6.28. The molecule has 118 valence electrons. The molecule has 1 fully saturated rings. The van der Waals surface area contributed by atoms with Crippen molar-refractivity contribution in [1.29, 1.82) is 0 Å². The molecule has 0 unspecified atom stereocenters. The second kappa shape index (κ2) is 6.58. The van der Waals surface area contributed by atoms with Crippen molar-refractivity contribution in [1.82, 2.24) is 20.1 Å². The minimum absolute atomic E-state index is 0.0409. The fourth-order valence-electron chi connectivity index (χ4n) is 2.79. The summed E-state index contributed by atoms with van der Waals surface area (Å²) in [4.78, 5) is 17.8. The first-order chi connectivity index (χ1) is 10.7. The van der Waals surface area contributed by atoms with E-state index in [4.69, 9.17) is 4.74 Å². The van der Waals surface area contributed by atoms with Gasteiger partial charge in [0.1, 0.15) is 6.10 Å². The first-order valence-corrected chi connectivity index (χ1v) is 8.38. The molecular formula is C15H20N4O2S. The Bertz CT molecular complexity index is 652. The maximum atomic E-state index is 12.5. The summed E-state index contributed by atoms with van der Waals surface area (Å²) in [5.74, 6) is -0.116. The molecule has 0 saturated carbocycles. The zero-order valence-corrected chi connectivity index (χ0v) is 13.6. The van der Waals surface area contributed by atoms with Crippen molar-refractivity contribution < 1.29 is 9.53 Å². The monoisotopic (exact) mass is 320 g/mol. The Hall–Kier alpha value is -1.73. The number of aromatic nitrogens is 3. The summed E-state index contributed by atoms with van der Waals surface area (Å²) >= 11 is 1.57. The van der Waals surface area contributed by atoms with Gasteiger partial charge >= 0.3 is 0 Å². The van der Waals surface area contributed by atoms with Crippen LogP contribution < -0.4 is 5.32 Å². The number of ether oxygens (including phenoxy) is 1. The molecular weight excluding hydrogens is 300 g/mol. The average Bonchev–Trinajstić information content (AvgIpc) is 3.24. The molecule has 0 aromatic carbocycles. The molecule has 1 aliphatic rings. The van der Waals surface area contributed by atoms with E-state index in [1.54, 1.807) is 23.0 Å². The number of rotatable bonds is 5. The van der Waals surface area contributed by atoms with E-state index in [0.29, 0.717) is 13.2 Å². The first kappa shape index (κ1) is 15.2. The maximum absolute atomic E-state index is 12.5. The summed E-state index contributed by atoms with van der Waals surface area (Å²) < 4.78 is 7.70. The van der Waals surface area contributed by atoms with Gasteiger partial charge in [0, 0.05) is 24.2 Å². The van der Waals surface area contributed by atoms with Gasteiger partial charge in [0.15, 0.2) is 0 Å². The molecule has 22 heavy (non-hydrogen) atoms. The van der Waals surface area contributed by atoms with Crippen molar-refractivity contribution in [3.63, 3.8) is 0 Å². The van der Waals surface area contributed by atoms with E-state index in [2.05, 4.69) is 15.4 Å². The summed E-state index contributed by atoms with van der Waals surface area (Å²) in [7, 11) is 0. The molecule has 3 rings (SSSR count). The van der Waals surface area contributed by atoms with Crippen LogP contribution in [0.5, 0.6) is 0 Å². The highest BCUT2D eigenvalue weighted by atomic mass is 32.1. The van der Waals surface area contributed by atoms with Crippen molar-refractivity contribution in [3.8, 4) is 0 Å². The summed E-state index contributed by atoms with van der Waals surface area (Å²) in [6.45, 7) is 5.91. The third-order valence-electron chi connectivity index (χ3n) is 4.04. The number of amides is 1. The standard InChI is InChI=1S/C15H20N4O2S/c1-3-19-12(4-6-18-19)14-11(5-7-21-14)15(20)16-8-13-10(2)17-9-22-13/h4,6,9,11,14H,3,5,7-8H2,1-2H3,(H,16,20)/t11-,14-/m1/s1. The Labute approximate surface area is 133 Å². The minimum Gasteiger partial charge on any atom is -0.371 e. The molecule has 1 saturated heterocycles. The van der Waals surface area contributed by atoms with E-state index >= 15 is 0 Å². The Balaban J connectivity index is 1.67. The number of aryl methyl sites for hydroxylation is 2. The highest BCUT2D eigenvalue weighted by molar-refractivity contribution is 7.09. The van der Waals surface area contributed by atoms with Gasteiger partial charge in [0.25, 0.3) is 0 Å². The van der Waals surface area contributed by atoms with Crippen LogP contribution >= 0.6 is 11.3 Å². The molecule has 0 radical (unpaired) electrons. The largest absolute Gasteiger partial charge is 0.371 e. The number of hydrogen-bond acceptors (Lipinski definition) is 5. The Morgan fingerprint density at radius 3 is 3.18 bits per heavy atom. The molecule has 2 atom stereocenters. The van der Waals surface area contributed by atoms with Crippen LogP contribution in [0.15, 0.2) is 17.8 Å². The summed E-state index contributed by atoms with van der Waals surface area (Å²) in [6, 6.07) is 1.94. The van der Waals surface area contributed by atoms with Gasteiger partial charge < -0.3 is 10.1 Å². The Morgan fingerprint density at radius 2 is 2.45 bits per heavy atom. The van der Waals surface area contributed by atoms with Gasteiger partial charge in [-0.25, -0.2) is 4.98 Å². The third-order valence-corrected chi connectivity index (χ3v) is 4.97. The van der Waals surface area contributed by atoms with E-state index < -0.39 is 0 Å². The number of nitrogens with zero attached hydrogens (tertiary/aromatic N) is 3. The van der Waals surface area contributed by atoms with Crippen molar-refractivity contribution >= 4 is 17.2 Å². The van der Waals surface area contributed by atoms with Gasteiger partial charge in [0.05, 0.1) is 29.4 Å². The smallest absolute Gasteiger partial charge is 0.226 e. The molecule has 1 amide bonds. The molecule has 0 bridgehead atoms. The van der Waals surface area contributed by atoms with Crippen LogP contribution in [0.1, 0.15) is 35.7 Å². The zero-order valence-electron chi connectivity index (χ0n) is 12.8. The molecule has 7 heteroatoms. The molecule has 2 aromatic heterocycles. The summed E-state index contributed by atoms with van der Waals surface area (Å²) in [6.07, 6.45) is 2.30. The van der Waals surface area contributed by atoms with Gasteiger partial charge in [0.2, 0.25) is 5.91 Å². The van der Waals surface area contributed by atoms with Crippen LogP contribution in [0.3, 0.4) is 0 Å². The number of carbonyl (C=O) groups is 1. The van der Waals surface area contributed by atoms with Gasteiger partial charge in [-0.3, -0.25) is 9.48 Å². The lowest BCUT2D eigenvalue weighted by Gasteiger charge is -2.19. The lowest BCUT2D eigenvalue weighted by molar-refractivity contribution is -0.127. The van der Waals surface area contributed by atoms with Crippen molar-refractivity contribution in [2.45, 2.75) is 39.5 Å². The Kier molecular flexibility index (Phi) is 4.54. The van der Waals surface area contributed by atoms with E-state index in [9.17, 15) is 4.79 Å². The lowest BCUT2D eigenvalue weighted by Crippen LogP contribution is -2.32. The zero-order chi connectivity index (χ0) is 15.5.